The summed E-state index contributed by atoms with van der Waals surface area (Å²) in [4.78, 5) is 0. The van der Waals surface area contributed by atoms with Crippen LogP contribution in [-0.4, -0.2) is 12.2 Å². The molecule has 0 N–H and O–H groups in total. The predicted molar refractivity (Wildman–Crippen MR) is 36.3 cm³/mol. The monoisotopic (exact) mass is 126 g/mol. The molecular weight excluding hydrogens is 112 g/mol. The molecule has 1 heteroatoms. The molecule has 1 aliphatic carbocycles. The van der Waals surface area contributed by atoms with Gasteiger partial charge in [-0.2, -0.15) is 0 Å². The highest BCUT2D eigenvalue weighted by Crippen LogP contribution is 2.43. The van der Waals surface area contributed by atoms with Gasteiger partial charge in [0.05, 0.1) is 12.2 Å². The molecule has 0 spiro atoms. The molecule has 2 atom stereocenters. The summed E-state index contributed by atoms with van der Waals surface area (Å²) in [6, 6.07) is 0. The van der Waals surface area contributed by atoms with Crippen molar-refractivity contribution in [2.24, 2.45) is 5.92 Å². The summed E-state index contributed by atoms with van der Waals surface area (Å²) in [5.74, 6) is 1.01. The van der Waals surface area contributed by atoms with Crippen LogP contribution in [0.4, 0.5) is 0 Å². The van der Waals surface area contributed by atoms with Crippen LogP contribution in [0.1, 0.15) is 32.6 Å². The molecule has 1 saturated carbocycles. The third-order valence-corrected chi connectivity index (χ3v) is 2.52. The molecule has 9 heavy (non-hydrogen) atoms. The number of rotatable bonds is 2. The van der Waals surface area contributed by atoms with E-state index in [2.05, 4.69) is 6.92 Å². The van der Waals surface area contributed by atoms with Crippen molar-refractivity contribution in [1.29, 1.82) is 0 Å². The van der Waals surface area contributed by atoms with Crippen molar-refractivity contribution in [2.45, 2.75) is 44.8 Å². The molecule has 1 saturated heterocycles. The number of epoxide rings is 1. The first-order valence-corrected chi connectivity index (χ1v) is 4.05. The average molecular weight is 126 g/mol. The topological polar surface area (TPSA) is 12.5 Å². The third kappa shape index (κ3) is 0.983. The number of ether oxygens (including phenoxy) is 1. The van der Waals surface area contributed by atoms with Gasteiger partial charge >= 0.3 is 0 Å². The summed E-state index contributed by atoms with van der Waals surface area (Å²) < 4.78 is 5.33. The average Bonchev–Trinajstić information content (AvgIpc) is 2.42. The highest BCUT2D eigenvalue weighted by Gasteiger charge is 2.47. The van der Waals surface area contributed by atoms with Gasteiger partial charge in [0, 0.05) is 0 Å². The third-order valence-electron chi connectivity index (χ3n) is 2.52. The largest absolute Gasteiger partial charge is 0.370 e. The first kappa shape index (κ1) is 5.72. The van der Waals surface area contributed by atoms with Gasteiger partial charge in [0.2, 0.25) is 0 Å². The maximum atomic E-state index is 5.33. The van der Waals surface area contributed by atoms with E-state index in [1.165, 1.54) is 25.7 Å². The molecule has 52 valence electrons. The Labute approximate surface area is 56.4 Å². The van der Waals surface area contributed by atoms with Crippen molar-refractivity contribution >= 4 is 0 Å². The van der Waals surface area contributed by atoms with Crippen molar-refractivity contribution < 1.29 is 4.74 Å². The van der Waals surface area contributed by atoms with Crippen LogP contribution in [0.15, 0.2) is 0 Å². The Morgan fingerprint density at radius 3 is 2.56 bits per heavy atom. The van der Waals surface area contributed by atoms with Gasteiger partial charge < -0.3 is 4.74 Å². The Bertz CT molecular complexity index is 101. The van der Waals surface area contributed by atoms with Gasteiger partial charge in [-0.1, -0.05) is 19.8 Å². The molecule has 0 aromatic heterocycles. The zero-order chi connectivity index (χ0) is 6.27. The van der Waals surface area contributed by atoms with E-state index in [4.69, 9.17) is 4.74 Å². The fourth-order valence-electron chi connectivity index (χ4n) is 1.99. The summed E-state index contributed by atoms with van der Waals surface area (Å²) in [6.45, 7) is 2.27. The number of hydrogen-bond donors (Lipinski definition) is 0. The van der Waals surface area contributed by atoms with Crippen molar-refractivity contribution in [3.63, 3.8) is 0 Å². The Kier molecular flexibility index (Phi) is 1.26. The van der Waals surface area contributed by atoms with E-state index in [-0.39, 0.29) is 0 Å². The Balaban J connectivity index is 1.77. The van der Waals surface area contributed by atoms with Gasteiger partial charge in [-0.3, -0.25) is 0 Å². The fraction of sp³-hybridized carbons (Fsp3) is 1.00. The van der Waals surface area contributed by atoms with Crippen LogP contribution in [0.25, 0.3) is 0 Å². The standard InChI is InChI=1S/C8H14O/c1-2-3-6-4-7-8(5-6)9-7/h6-8H,2-5H2,1H3. The van der Waals surface area contributed by atoms with Crippen molar-refractivity contribution in [3.8, 4) is 0 Å². The maximum absolute atomic E-state index is 5.33. The molecule has 1 aliphatic heterocycles. The van der Waals surface area contributed by atoms with Crippen LogP contribution >= 0.6 is 0 Å². The minimum Gasteiger partial charge on any atom is -0.370 e. The van der Waals surface area contributed by atoms with E-state index in [1.807, 2.05) is 0 Å². The molecule has 1 nitrogen and oxygen atoms in total. The summed E-state index contributed by atoms with van der Waals surface area (Å²) in [7, 11) is 0. The predicted octanol–water partition coefficient (Wildman–Crippen LogP) is 1.96. The SMILES string of the molecule is CCCC1CC2OC2C1. The highest BCUT2D eigenvalue weighted by atomic mass is 16.6. The smallest absolute Gasteiger partial charge is 0.0844 e. The lowest BCUT2D eigenvalue weighted by Gasteiger charge is -2.07. The number of hydrogen-bond acceptors (Lipinski definition) is 1. The van der Waals surface area contributed by atoms with E-state index >= 15 is 0 Å². The lowest BCUT2D eigenvalue weighted by Crippen LogP contribution is -1.97. The second kappa shape index (κ2) is 1.98. The summed E-state index contributed by atoms with van der Waals surface area (Å²) in [5, 5.41) is 0. The van der Waals surface area contributed by atoms with Crippen LogP contribution in [0.3, 0.4) is 0 Å². The summed E-state index contributed by atoms with van der Waals surface area (Å²) in [6.07, 6.45) is 6.89. The molecular formula is C8H14O. The quantitative estimate of drug-likeness (QED) is 0.515. The minimum absolute atomic E-state index is 0.696. The number of fused-ring (bicyclic) bond motifs is 1. The van der Waals surface area contributed by atoms with Gasteiger partial charge in [0.25, 0.3) is 0 Å². The molecule has 2 unspecified atom stereocenters. The highest BCUT2D eigenvalue weighted by molar-refractivity contribution is 4.95. The molecule has 2 rings (SSSR count). The van der Waals surface area contributed by atoms with Gasteiger partial charge in [-0.05, 0) is 18.8 Å². The minimum atomic E-state index is 0.696. The first-order valence-electron chi connectivity index (χ1n) is 4.05. The van der Waals surface area contributed by atoms with E-state index in [0.717, 1.165) is 5.92 Å². The van der Waals surface area contributed by atoms with Crippen LogP contribution < -0.4 is 0 Å². The van der Waals surface area contributed by atoms with E-state index in [9.17, 15) is 0 Å². The Hall–Kier alpha value is -0.0400. The Morgan fingerprint density at radius 2 is 2.00 bits per heavy atom. The lowest BCUT2D eigenvalue weighted by atomic mass is 10.0. The fourth-order valence-corrected chi connectivity index (χ4v) is 1.99. The van der Waals surface area contributed by atoms with E-state index < -0.39 is 0 Å². The molecule has 0 aromatic rings. The second-order valence-electron chi connectivity index (χ2n) is 3.34. The van der Waals surface area contributed by atoms with Crippen molar-refractivity contribution in [2.75, 3.05) is 0 Å². The van der Waals surface area contributed by atoms with E-state index in [1.54, 1.807) is 0 Å². The summed E-state index contributed by atoms with van der Waals surface area (Å²) >= 11 is 0. The first-order chi connectivity index (χ1) is 4.40. The molecule has 0 amide bonds. The van der Waals surface area contributed by atoms with Crippen molar-refractivity contribution in [1.82, 2.24) is 0 Å². The van der Waals surface area contributed by atoms with Gasteiger partial charge in [-0.15, -0.1) is 0 Å². The molecule has 1 heterocycles. The van der Waals surface area contributed by atoms with E-state index in [0.29, 0.717) is 12.2 Å². The van der Waals surface area contributed by atoms with Crippen LogP contribution in [0.5, 0.6) is 0 Å². The normalized spacial score (nSPS) is 47.0. The second-order valence-corrected chi connectivity index (χ2v) is 3.34. The van der Waals surface area contributed by atoms with Gasteiger partial charge in [0.1, 0.15) is 0 Å². The zero-order valence-corrected chi connectivity index (χ0v) is 5.97. The molecule has 2 fully saturated rings. The maximum Gasteiger partial charge on any atom is 0.0844 e. The summed E-state index contributed by atoms with van der Waals surface area (Å²) in [5.41, 5.74) is 0. The molecule has 0 bridgehead atoms. The molecule has 0 aromatic carbocycles. The molecule has 0 radical (unpaired) electrons. The van der Waals surface area contributed by atoms with Gasteiger partial charge in [-0.25, -0.2) is 0 Å². The van der Waals surface area contributed by atoms with Crippen LogP contribution in [0, 0.1) is 5.92 Å². The van der Waals surface area contributed by atoms with Crippen LogP contribution in [-0.2, 0) is 4.74 Å². The van der Waals surface area contributed by atoms with Gasteiger partial charge in [0.15, 0.2) is 0 Å². The van der Waals surface area contributed by atoms with Crippen molar-refractivity contribution in [3.05, 3.63) is 0 Å². The lowest BCUT2D eigenvalue weighted by molar-refractivity contribution is 0.265. The van der Waals surface area contributed by atoms with Crippen LogP contribution in [0.2, 0.25) is 0 Å². The zero-order valence-electron chi connectivity index (χ0n) is 5.97. The molecule has 2 aliphatic rings. The Morgan fingerprint density at radius 1 is 1.33 bits per heavy atom.